The first-order chi connectivity index (χ1) is 36.8. The number of aromatic nitrogens is 8. The van der Waals surface area contributed by atoms with Gasteiger partial charge < -0.3 is 36.3 Å². The smallest absolute Gasteiger partial charge is 0.169 e. The standard InChI is InChI=1S/C30H30N6O2.C28H28N6O3/c31-29-27-28(23-8-12-26(13-9-23)38-25-4-2-1-3-5-25)34-36(30(27)33-20-32-29)24-10-6-21(7-11-24)18-35-16-14-22(19-37)15-17-35;29-27-25-26(21-8-12-24(13-9-21)37-23-4-2-1-3-5-23)32-34(28(25)31-19-30-27)22-10-6-20(7-11-22)18-33(14-16-35)15-17-36/h1-13,20,22,37H,14-19H2,(H2,31,32,33);1-13,19,35-36H,14-18H2,(H2,29,30,31). The van der Waals surface area contributed by atoms with E-state index < -0.39 is 0 Å². The van der Waals surface area contributed by atoms with Gasteiger partial charge in [0.2, 0.25) is 0 Å². The molecule has 0 radical (unpaired) electrons. The number of hydrogen-bond acceptors (Lipinski definition) is 15. The predicted octanol–water partition coefficient (Wildman–Crippen LogP) is 8.70. The van der Waals surface area contributed by atoms with Crippen LogP contribution in [0.15, 0.2) is 170 Å². The van der Waals surface area contributed by atoms with E-state index >= 15 is 0 Å². The molecular formula is C58H58N12O5. The number of nitrogen functional groups attached to an aromatic ring is 2. The highest BCUT2D eigenvalue weighted by molar-refractivity contribution is 6.00. The number of nitrogens with two attached hydrogens (primary N) is 2. The molecule has 10 aromatic rings. The number of aliphatic hydroxyl groups is 3. The number of para-hydroxylation sites is 2. The molecule has 7 N–H and O–H groups in total. The molecule has 0 amide bonds. The average molecular weight is 1000 g/mol. The Bertz CT molecular complexity index is 3420. The van der Waals surface area contributed by atoms with Crippen LogP contribution in [-0.2, 0) is 13.1 Å². The lowest BCUT2D eigenvalue weighted by Gasteiger charge is -2.31. The summed E-state index contributed by atoms with van der Waals surface area (Å²) >= 11 is 0. The van der Waals surface area contributed by atoms with Gasteiger partial charge in [0, 0.05) is 43.9 Å². The van der Waals surface area contributed by atoms with Crippen LogP contribution >= 0.6 is 0 Å². The van der Waals surface area contributed by atoms with E-state index in [0.717, 1.165) is 94.6 Å². The van der Waals surface area contributed by atoms with Gasteiger partial charge >= 0.3 is 0 Å². The summed E-state index contributed by atoms with van der Waals surface area (Å²) < 4.78 is 15.5. The molecule has 0 spiro atoms. The number of nitrogens with zero attached hydrogens (tertiary/aromatic N) is 10. The molecule has 75 heavy (non-hydrogen) atoms. The number of fused-ring (bicyclic) bond motifs is 2. The Balaban J connectivity index is 0.000000171. The molecule has 5 heterocycles. The second-order valence-electron chi connectivity index (χ2n) is 18.3. The number of benzene rings is 6. The topological polar surface area (TPSA) is 225 Å². The minimum atomic E-state index is 0.0423. The van der Waals surface area contributed by atoms with Crippen molar-refractivity contribution in [1.82, 2.24) is 49.3 Å². The van der Waals surface area contributed by atoms with Gasteiger partial charge in [-0.1, -0.05) is 60.7 Å². The highest BCUT2D eigenvalue weighted by Gasteiger charge is 2.22. The second kappa shape index (κ2) is 23.5. The molecule has 6 aromatic carbocycles. The summed E-state index contributed by atoms with van der Waals surface area (Å²) in [7, 11) is 0. The third-order valence-corrected chi connectivity index (χ3v) is 13.2. The first-order valence-corrected chi connectivity index (χ1v) is 24.9. The Morgan fingerprint density at radius 1 is 0.507 bits per heavy atom. The highest BCUT2D eigenvalue weighted by Crippen LogP contribution is 2.35. The SMILES string of the molecule is Nc1ncnc2c1c(-c1ccc(Oc3ccccc3)cc1)nn2-c1ccc(CN(CCO)CCO)cc1.Nc1ncnc2c1c(-c1ccc(Oc3ccccc3)cc1)nn2-c1ccc(CN2CCC(CO)CC2)cc1. The Labute approximate surface area is 433 Å². The molecule has 17 nitrogen and oxygen atoms in total. The Morgan fingerprint density at radius 3 is 1.36 bits per heavy atom. The lowest BCUT2D eigenvalue weighted by Crippen LogP contribution is -2.34. The molecule has 1 aliphatic rings. The fourth-order valence-corrected chi connectivity index (χ4v) is 9.21. The van der Waals surface area contributed by atoms with Crippen LogP contribution < -0.4 is 20.9 Å². The van der Waals surface area contributed by atoms with Gasteiger partial charge in [0.05, 0.1) is 35.4 Å². The van der Waals surface area contributed by atoms with Crippen LogP contribution in [0, 0.1) is 5.92 Å². The number of ether oxygens (including phenoxy) is 2. The first-order valence-electron chi connectivity index (χ1n) is 24.9. The molecular weight excluding hydrogens is 945 g/mol. The van der Waals surface area contributed by atoms with Crippen LogP contribution in [0.2, 0.25) is 0 Å². The molecule has 0 saturated carbocycles. The maximum atomic E-state index is 9.39. The van der Waals surface area contributed by atoms with Crippen LogP contribution in [0.1, 0.15) is 24.0 Å². The molecule has 4 aromatic heterocycles. The normalized spacial score (nSPS) is 13.0. The van der Waals surface area contributed by atoms with E-state index in [-0.39, 0.29) is 13.2 Å². The van der Waals surface area contributed by atoms with Crippen LogP contribution in [-0.4, -0.2) is 111 Å². The summed E-state index contributed by atoms with van der Waals surface area (Å²) in [5.41, 5.74) is 21.1. The fraction of sp³-hybridized carbons (Fsp3) is 0.207. The number of aliphatic hydroxyl groups excluding tert-OH is 3. The zero-order chi connectivity index (χ0) is 51.5. The largest absolute Gasteiger partial charge is 0.457 e. The molecule has 1 saturated heterocycles. The Kier molecular flexibility index (Phi) is 15.7. The van der Waals surface area contributed by atoms with Gasteiger partial charge in [-0.05, 0) is 140 Å². The van der Waals surface area contributed by atoms with E-state index in [1.807, 2.05) is 143 Å². The van der Waals surface area contributed by atoms with Crippen LogP contribution in [0.4, 0.5) is 11.6 Å². The molecule has 0 atom stereocenters. The maximum absolute atomic E-state index is 9.39. The summed E-state index contributed by atoms with van der Waals surface area (Å²) in [4.78, 5) is 21.9. The van der Waals surface area contributed by atoms with Gasteiger partial charge in [-0.2, -0.15) is 10.2 Å². The van der Waals surface area contributed by atoms with Crippen LogP contribution in [0.25, 0.3) is 56.0 Å². The quantitative estimate of drug-likeness (QED) is 0.0575. The summed E-state index contributed by atoms with van der Waals surface area (Å²) in [6.45, 7) is 4.94. The van der Waals surface area contributed by atoms with E-state index in [4.69, 9.17) is 31.1 Å². The summed E-state index contributed by atoms with van der Waals surface area (Å²) in [6, 6.07) is 51.1. The van der Waals surface area contributed by atoms with Gasteiger partial charge in [0.25, 0.3) is 0 Å². The van der Waals surface area contributed by atoms with E-state index in [2.05, 4.69) is 49.1 Å². The monoisotopic (exact) mass is 1000 g/mol. The molecule has 11 rings (SSSR count). The summed E-state index contributed by atoms with van der Waals surface area (Å²) in [6.07, 6.45) is 5.02. The van der Waals surface area contributed by atoms with Crippen molar-refractivity contribution < 1.29 is 24.8 Å². The molecule has 380 valence electrons. The van der Waals surface area contributed by atoms with E-state index in [1.54, 1.807) is 4.68 Å². The van der Waals surface area contributed by atoms with Crippen molar-refractivity contribution in [3.8, 4) is 56.9 Å². The molecule has 0 aliphatic carbocycles. The van der Waals surface area contributed by atoms with E-state index in [1.165, 1.54) is 18.2 Å². The molecule has 17 heteroatoms. The Hall–Kier alpha value is -8.58. The van der Waals surface area contributed by atoms with Crippen molar-refractivity contribution in [2.45, 2.75) is 25.9 Å². The van der Waals surface area contributed by atoms with Gasteiger partial charge in [0.15, 0.2) is 11.3 Å². The van der Waals surface area contributed by atoms with Crippen LogP contribution in [0.3, 0.4) is 0 Å². The average Bonchev–Trinajstić information content (AvgIpc) is 4.05. The number of anilines is 2. The maximum Gasteiger partial charge on any atom is 0.169 e. The van der Waals surface area contributed by atoms with Crippen molar-refractivity contribution in [3.63, 3.8) is 0 Å². The zero-order valence-electron chi connectivity index (χ0n) is 41.3. The molecule has 1 fully saturated rings. The van der Waals surface area contributed by atoms with Crippen molar-refractivity contribution in [2.75, 3.05) is 57.5 Å². The van der Waals surface area contributed by atoms with Gasteiger partial charge in [-0.15, -0.1) is 0 Å². The first kappa shape index (κ1) is 50.0. The number of rotatable bonds is 17. The summed E-state index contributed by atoms with van der Waals surface area (Å²) in [5.74, 6) is 4.20. The summed E-state index contributed by atoms with van der Waals surface area (Å²) in [5, 5.41) is 39.1. The van der Waals surface area contributed by atoms with Crippen molar-refractivity contribution >= 4 is 33.7 Å². The molecule has 0 bridgehead atoms. The number of likely N-dealkylation sites (tertiary alicyclic amines) is 1. The fourth-order valence-electron chi connectivity index (χ4n) is 9.21. The number of piperidine rings is 1. The highest BCUT2D eigenvalue weighted by atomic mass is 16.5. The van der Waals surface area contributed by atoms with Crippen molar-refractivity contribution in [2.24, 2.45) is 5.92 Å². The predicted molar refractivity (Wildman–Crippen MR) is 291 cm³/mol. The minimum absolute atomic E-state index is 0.0423. The third-order valence-electron chi connectivity index (χ3n) is 13.2. The van der Waals surface area contributed by atoms with Crippen LogP contribution in [0.5, 0.6) is 23.0 Å². The van der Waals surface area contributed by atoms with E-state index in [0.29, 0.717) is 66.2 Å². The zero-order valence-corrected chi connectivity index (χ0v) is 41.3. The third kappa shape index (κ3) is 11.8. The molecule has 1 aliphatic heterocycles. The Morgan fingerprint density at radius 2 is 0.933 bits per heavy atom. The molecule has 0 unspecified atom stereocenters. The second-order valence-corrected chi connectivity index (χ2v) is 18.3. The van der Waals surface area contributed by atoms with E-state index in [9.17, 15) is 15.3 Å². The lowest BCUT2D eigenvalue weighted by molar-refractivity contribution is 0.127. The van der Waals surface area contributed by atoms with Gasteiger partial charge in [-0.3, -0.25) is 9.80 Å². The minimum Gasteiger partial charge on any atom is -0.457 e. The number of hydrogen-bond donors (Lipinski definition) is 5. The lowest BCUT2D eigenvalue weighted by atomic mass is 9.97. The van der Waals surface area contributed by atoms with Gasteiger partial charge in [0.1, 0.15) is 58.7 Å². The van der Waals surface area contributed by atoms with Gasteiger partial charge in [-0.25, -0.2) is 29.3 Å². The van der Waals surface area contributed by atoms with Crippen molar-refractivity contribution in [1.29, 1.82) is 0 Å². The van der Waals surface area contributed by atoms with Crippen molar-refractivity contribution in [3.05, 3.63) is 182 Å².